The first-order valence-corrected chi connectivity index (χ1v) is 6.57. The molecule has 1 aromatic carbocycles. The van der Waals surface area contributed by atoms with Gasteiger partial charge in [0.2, 0.25) is 0 Å². The Bertz CT molecular complexity index is 493. The monoisotopic (exact) mass is 300 g/mol. The van der Waals surface area contributed by atoms with Gasteiger partial charge in [-0.1, -0.05) is 11.6 Å². The highest BCUT2D eigenvalue weighted by Crippen LogP contribution is 2.23. The van der Waals surface area contributed by atoms with Crippen molar-refractivity contribution in [2.24, 2.45) is 0 Å². The maximum absolute atomic E-state index is 12.0. The lowest BCUT2D eigenvalue weighted by molar-refractivity contribution is 0.0697. The number of carbonyl (C=O) groups is 2. The number of hydrogen-bond donors (Lipinski definition) is 3. The molecule has 0 aromatic heterocycles. The number of aliphatic hydroxyl groups is 1. The van der Waals surface area contributed by atoms with Gasteiger partial charge >= 0.3 is 12.0 Å². The van der Waals surface area contributed by atoms with Crippen LogP contribution in [0.5, 0.6) is 0 Å². The zero-order valence-electron chi connectivity index (χ0n) is 11.1. The number of aliphatic hydroxyl groups excluding tert-OH is 1. The van der Waals surface area contributed by atoms with Crippen LogP contribution in [-0.2, 0) is 0 Å². The van der Waals surface area contributed by atoms with Crippen molar-refractivity contribution < 1.29 is 19.8 Å². The second-order valence-corrected chi connectivity index (χ2v) is 4.49. The minimum atomic E-state index is -1.08. The predicted molar refractivity (Wildman–Crippen MR) is 76.4 cm³/mol. The highest BCUT2D eigenvalue weighted by Gasteiger charge is 2.14. The number of amides is 2. The number of anilines is 1. The number of carboxylic acid groups (broad SMARTS) is 1. The van der Waals surface area contributed by atoms with Crippen LogP contribution >= 0.6 is 11.6 Å². The third kappa shape index (κ3) is 4.40. The van der Waals surface area contributed by atoms with E-state index in [9.17, 15) is 9.59 Å². The molecule has 3 N–H and O–H groups in total. The summed E-state index contributed by atoms with van der Waals surface area (Å²) in [6.07, 6.45) is 0.493. The summed E-state index contributed by atoms with van der Waals surface area (Å²) in [4.78, 5) is 24.3. The molecule has 0 aliphatic carbocycles. The lowest BCUT2D eigenvalue weighted by atomic mass is 10.2. The second kappa shape index (κ2) is 7.72. The fraction of sp³-hybridized carbons (Fsp3) is 0.385. The van der Waals surface area contributed by atoms with E-state index in [1.54, 1.807) is 0 Å². The number of nitrogens with one attached hydrogen (secondary N) is 1. The van der Waals surface area contributed by atoms with Crippen LogP contribution in [0.25, 0.3) is 0 Å². The van der Waals surface area contributed by atoms with Crippen molar-refractivity contribution in [3.05, 3.63) is 28.8 Å². The third-order valence-electron chi connectivity index (χ3n) is 2.71. The van der Waals surface area contributed by atoms with Gasteiger partial charge in [-0.15, -0.1) is 0 Å². The Hall–Kier alpha value is -1.79. The quantitative estimate of drug-likeness (QED) is 0.752. The fourth-order valence-corrected chi connectivity index (χ4v) is 1.84. The van der Waals surface area contributed by atoms with E-state index in [1.165, 1.54) is 23.1 Å². The molecule has 20 heavy (non-hydrogen) atoms. The van der Waals surface area contributed by atoms with Gasteiger partial charge in [-0.2, -0.15) is 0 Å². The Morgan fingerprint density at radius 2 is 2.10 bits per heavy atom. The molecule has 0 spiro atoms. The molecule has 1 rings (SSSR count). The van der Waals surface area contributed by atoms with E-state index in [0.29, 0.717) is 25.2 Å². The van der Waals surface area contributed by atoms with Crippen molar-refractivity contribution in [2.45, 2.75) is 13.3 Å². The van der Waals surface area contributed by atoms with Crippen LogP contribution < -0.4 is 5.32 Å². The maximum Gasteiger partial charge on any atom is 0.335 e. The van der Waals surface area contributed by atoms with E-state index in [2.05, 4.69) is 5.32 Å². The summed E-state index contributed by atoms with van der Waals surface area (Å²) in [5, 5.41) is 20.4. The lowest BCUT2D eigenvalue weighted by Gasteiger charge is -2.21. The van der Waals surface area contributed by atoms with Gasteiger partial charge in [0.25, 0.3) is 0 Å². The van der Waals surface area contributed by atoms with E-state index in [0.717, 1.165) is 0 Å². The zero-order chi connectivity index (χ0) is 15.1. The van der Waals surface area contributed by atoms with Crippen LogP contribution in [0, 0.1) is 0 Å². The Kier molecular flexibility index (Phi) is 6.27. The summed E-state index contributed by atoms with van der Waals surface area (Å²) in [6, 6.07) is 3.76. The molecule has 0 bridgehead atoms. The number of hydrogen-bond acceptors (Lipinski definition) is 3. The third-order valence-corrected chi connectivity index (χ3v) is 3.03. The summed E-state index contributed by atoms with van der Waals surface area (Å²) < 4.78 is 0. The Morgan fingerprint density at radius 1 is 1.40 bits per heavy atom. The number of benzene rings is 1. The molecule has 0 atom stereocenters. The Balaban J connectivity index is 2.76. The molecule has 7 heteroatoms. The van der Waals surface area contributed by atoms with Crippen molar-refractivity contribution >= 4 is 29.3 Å². The van der Waals surface area contributed by atoms with Crippen molar-refractivity contribution in [1.82, 2.24) is 4.90 Å². The van der Waals surface area contributed by atoms with E-state index in [4.69, 9.17) is 21.8 Å². The van der Waals surface area contributed by atoms with Crippen LogP contribution in [-0.4, -0.2) is 46.8 Å². The molecule has 2 amide bonds. The molecule has 6 nitrogen and oxygen atoms in total. The number of carboxylic acids is 1. The fourth-order valence-electron chi connectivity index (χ4n) is 1.61. The summed E-state index contributed by atoms with van der Waals surface area (Å²) in [5.41, 5.74) is 0.407. The highest BCUT2D eigenvalue weighted by molar-refractivity contribution is 6.34. The summed E-state index contributed by atoms with van der Waals surface area (Å²) in [7, 11) is 0. The maximum atomic E-state index is 12.0. The van der Waals surface area contributed by atoms with Crippen LogP contribution in [0.15, 0.2) is 18.2 Å². The van der Waals surface area contributed by atoms with Crippen molar-refractivity contribution in [1.29, 1.82) is 0 Å². The van der Waals surface area contributed by atoms with Gasteiger partial charge in [0.1, 0.15) is 0 Å². The van der Waals surface area contributed by atoms with Crippen molar-refractivity contribution in [3.63, 3.8) is 0 Å². The normalized spacial score (nSPS) is 10.2. The topological polar surface area (TPSA) is 89.9 Å². The number of halogens is 1. The van der Waals surface area contributed by atoms with Crippen LogP contribution in [0.3, 0.4) is 0 Å². The van der Waals surface area contributed by atoms with E-state index in [1.807, 2.05) is 6.92 Å². The second-order valence-electron chi connectivity index (χ2n) is 4.09. The molecular formula is C13H17ClN2O4. The average molecular weight is 301 g/mol. The number of aromatic carboxylic acids is 1. The Morgan fingerprint density at radius 3 is 2.60 bits per heavy atom. The number of nitrogens with zero attached hydrogens (tertiary/aromatic N) is 1. The molecule has 1 aromatic rings. The highest BCUT2D eigenvalue weighted by atomic mass is 35.5. The van der Waals surface area contributed by atoms with Crippen molar-refractivity contribution in [2.75, 3.05) is 25.0 Å². The zero-order valence-corrected chi connectivity index (χ0v) is 11.9. The van der Waals surface area contributed by atoms with Gasteiger partial charge < -0.3 is 20.4 Å². The van der Waals surface area contributed by atoms with Gasteiger partial charge in [-0.25, -0.2) is 9.59 Å². The molecule has 0 unspecified atom stereocenters. The SMILES string of the molecule is CCN(CCCO)C(=O)Nc1ccc(C(=O)O)cc1Cl. The molecule has 0 aliphatic rings. The molecule has 0 saturated heterocycles. The molecule has 0 radical (unpaired) electrons. The summed E-state index contributed by atoms with van der Waals surface area (Å²) in [5.74, 6) is -1.08. The van der Waals surface area contributed by atoms with Crippen LogP contribution in [0.2, 0.25) is 5.02 Å². The van der Waals surface area contributed by atoms with Gasteiger partial charge in [0.15, 0.2) is 0 Å². The minimum Gasteiger partial charge on any atom is -0.478 e. The lowest BCUT2D eigenvalue weighted by Crippen LogP contribution is -2.36. The van der Waals surface area contributed by atoms with E-state index in [-0.39, 0.29) is 23.2 Å². The summed E-state index contributed by atoms with van der Waals surface area (Å²) in [6.45, 7) is 2.77. The molecular weight excluding hydrogens is 284 g/mol. The van der Waals surface area contributed by atoms with E-state index >= 15 is 0 Å². The minimum absolute atomic E-state index is 0.0118. The largest absolute Gasteiger partial charge is 0.478 e. The standard InChI is InChI=1S/C13H17ClN2O4/c1-2-16(6-3-7-17)13(20)15-11-5-4-9(12(18)19)8-10(11)14/h4-5,8,17H,2-3,6-7H2,1H3,(H,15,20)(H,18,19). The van der Waals surface area contributed by atoms with Gasteiger partial charge in [0.05, 0.1) is 16.3 Å². The molecule has 110 valence electrons. The number of rotatable bonds is 6. The van der Waals surface area contributed by atoms with Gasteiger partial charge in [-0.3, -0.25) is 0 Å². The number of carbonyl (C=O) groups excluding carboxylic acids is 1. The first-order chi connectivity index (χ1) is 9.49. The van der Waals surface area contributed by atoms with Gasteiger partial charge in [-0.05, 0) is 31.5 Å². The first kappa shape index (κ1) is 16.3. The first-order valence-electron chi connectivity index (χ1n) is 6.19. The van der Waals surface area contributed by atoms with Crippen molar-refractivity contribution in [3.8, 4) is 0 Å². The van der Waals surface area contributed by atoms with Crippen LogP contribution in [0.4, 0.5) is 10.5 Å². The van der Waals surface area contributed by atoms with E-state index < -0.39 is 5.97 Å². The van der Waals surface area contributed by atoms with Gasteiger partial charge in [0, 0.05) is 19.7 Å². The Labute approximate surface area is 122 Å². The predicted octanol–water partition coefficient (Wildman–Crippen LogP) is 2.27. The summed E-state index contributed by atoms with van der Waals surface area (Å²) >= 11 is 5.93. The number of urea groups is 1. The molecule has 0 aliphatic heterocycles. The molecule has 0 heterocycles. The average Bonchev–Trinajstić information content (AvgIpc) is 2.41. The molecule has 0 saturated carbocycles. The van der Waals surface area contributed by atoms with Crippen LogP contribution in [0.1, 0.15) is 23.7 Å². The smallest absolute Gasteiger partial charge is 0.335 e. The molecule has 0 fully saturated rings.